The first-order valence-corrected chi connectivity index (χ1v) is 5.97. The van der Waals surface area contributed by atoms with E-state index in [1.54, 1.807) is 13.1 Å². The van der Waals surface area contributed by atoms with E-state index in [-0.39, 0.29) is 6.54 Å². The average Bonchev–Trinajstić information content (AvgIpc) is 2.42. The Morgan fingerprint density at radius 2 is 1.80 bits per heavy atom. The molecule has 0 aromatic heterocycles. The van der Waals surface area contributed by atoms with Gasteiger partial charge < -0.3 is 15.7 Å². The maximum Gasteiger partial charge on any atom is 0.322 e. The maximum absolute atomic E-state index is 11.9. The topological polar surface area (TPSA) is 98.7 Å². The van der Waals surface area contributed by atoms with Crippen molar-refractivity contribution in [2.24, 2.45) is 0 Å². The Morgan fingerprint density at radius 3 is 2.40 bits per heavy atom. The number of hydrogen-bond acceptors (Lipinski definition) is 3. The van der Waals surface area contributed by atoms with Gasteiger partial charge in [0, 0.05) is 12.7 Å². The molecule has 0 aliphatic rings. The lowest BCUT2D eigenvalue weighted by atomic mass is 10.2. The van der Waals surface area contributed by atoms with Crippen molar-refractivity contribution < 1.29 is 19.5 Å². The fourth-order valence-electron chi connectivity index (χ4n) is 1.56. The molecule has 0 fully saturated rings. The zero-order chi connectivity index (χ0) is 15.1. The van der Waals surface area contributed by atoms with Gasteiger partial charge in [0.15, 0.2) is 0 Å². The van der Waals surface area contributed by atoms with Crippen LogP contribution in [0.15, 0.2) is 24.3 Å². The molecule has 0 aliphatic heterocycles. The van der Waals surface area contributed by atoms with Crippen molar-refractivity contribution in [2.45, 2.75) is 6.92 Å². The first kappa shape index (κ1) is 15.5. The standard InChI is InChI=1S/C13H17N3O4/c1-9-5-3-4-6-10(9)16(2)13(20)15-7-11(17)14-8-12(18)19/h3-6H,7-8H2,1-2H3,(H,14,17)(H,15,20)(H,18,19). The number of para-hydroxylation sites is 1. The highest BCUT2D eigenvalue weighted by Crippen LogP contribution is 2.17. The van der Waals surface area contributed by atoms with Gasteiger partial charge in [0.05, 0.1) is 6.54 Å². The minimum atomic E-state index is -1.14. The molecule has 1 rings (SSSR count). The van der Waals surface area contributed by atoms with E-state index in [0.717, 1.165) is 11.3 Å². The van der Waals surface area contributed by atoms with Crippen LogP contribution in [0.3, 0.4) is 0 Å². The second-order valence-electron chi connectivity index (χ2n) is 4.17. The van der Waals surface area contributed by atoms with Crippen molar-refractivity contribution in [1.82, 2.24) is 10.6 Å². The zero-order valence-electron chi connectivity index (χ0n) is 11.3. The smallest absolute Gasteiger partial charge is 0.322 e. The summed E-state index contributed by atoms with van der Waals surface area (Å²) in [6, 6.07) is 6.90. The number of carbonyl (C=O) groups excluding carboxylic acids is 2. The Kier molecular flexibility index (Phi) is 5.52. The van der Waals surface area contributed by atoms with Crippen molar-refractivity contribution in [2.75, 3.05) is 25.0 Å². The van der Waals surface area contributed by atoms with Gasteiger partial charge in [-0.25, -0.2) is 4.79 Å². The largest absolute Gasteiger partial charge is 0.480 e. The second kappa shape index (κ2) is 7.13. The minimum absolute atomic E-state index is 0.275. The number of aliphatic carboxylic acids is 1. The van der Waals surface area contributed by atoms with E-state index in [1.807, 2.05) is 25.1 Å². The highest BCUT2D eigenvalue weighted by atomic mass is 16.4. The van der Waals surface area contributed by atoms with Gasteiger partial charge in [-0.1, -0.05) is 18.2 Å². The number of urea groups is 1. The SMILES string of the molecule is Cc1ccccc1N(C)C(=O)NCC(=O)NCC(=O)O. The van der Waals surface area contributed by atoms with E-state index < -0.39 is 24.5 Å². The van der Waals surface area contributed by atoms with Crippen molar-refractivity contribution in [3.63, 3.8) is 0 Å². The van der Waals surface area contributed by atoms with Gasteiger partial charge in [0.1, 0.15) is 6.54 Å². The van der Waals surface area contributed by atoms with Gasteiger partial charge in [0.2, 0.25) is 5.91 Å². The van der Waals surface area contributed by atoms with Gasteiger partial charge in [-0.15, -0.1) is 0 Å². The Morgan fingerprint density at radius 1 is 1.15 bits per heavy atom. The Hall–Kier alpha value is -2.57. The fraction of sp³-hybridized carbons (Fsp3) is 0.308. The van der Waals surface area contributed by atoms with Gasteiger partial charge in [0.25, 0.3) is 0 Å². The third-order valence-corrected chi connectivity index (χ3v) is 2.62. The third-order valence-electron chi connectivity index (χ3n) is 2.62. The van der Waals surface area contributed by atoms with E-state index in [1.165, 1.54) is 4.90 Å². The van der Waals surface area contributed by atoms with Crippen LogP contribution in [0, 0.1) is 6.92 Å². The second-order valence-corrected chi connectivity index (χ2v) is 4.17. The molecule has 0 aliphatic carbocycles. The van der Waals surface area contributed by atoms with Crippen LogP contribution in [0.25, 0.3) is 0 Å². The third kappa shape index (κ3) is 4.60. The number of nitrogens with zero attached hydrogens (tertiary/aromatic N) is 1. The number of rotatable bonds is 5. The van der Waals surface area contributed by atoms with E-state index in [2.05, 4.69) is 10.6 Å². The zero-order valence-corrected chi connectivity index (χ0v) is 11.3. The summed E-state index contributed by atoms with van der Waals surface area (Å²) in [6.45, 7) is 1.13. The summed E-state index contributed by atoms with van der Waals surface area (Å²) in [7, 11) is 1.59. The summed E-state index contributed by atoms with van der Waals surface area (Å²) in [5.74, 6) is -1.69. The predicted octanol–water partition coefficient (Wildman–Crippen LogP) is 0.342. The van der Waals surface area contributed by atoms with Crippen molar-refractivity contribution in [1.29, 1.82) is 0 Å². The molecule has 7 heteroatoms. The number of aryl methyl sites for hydroxylation is 1. The molecule has 0 heterocycles. The van der Waals surface area contributed by atoms with Gasteiger partial charge in [-0.3, -0.25) is 14.5 Å². The molecule has 0 saturated heterocycles. The molecule has 0 spiro atoms. The molecule has 0 atom stereocenters. The summed E-state index contributed by atoms with van der Waals surface area (Å²) in [4.78, 5) is 34.8. The molecule has 0 unspecified atom stereocenters. The molecule has 3 amide bonds. The van der Waals surface area contributed by atoms with Gasteiger partial charge in [-0.2, -0.15) is 0 Å². The average molecular weight is 279 g/mol. The minimum Gasteiger partial charge on any atom is -0.480 e. The number of carboxylic acid groups (broad SMARTS) is 1. The molecule has 1 aromatic carbocycles. The van der Waals surface area contributed by atoms with E-state index in [9.17, 15) is 14.4 Å². The molecule has 0 bridgehead atoms. The van der Waals surface area contributed by atoms with Gasteiger partial charge in [-0.05, 0) is 18.6 Å². The van der Waals surface area contributed by atoms with E-state index in [4.69, 9.17) is 5.11 Å². The molecule has 1 aromatic rings. The number of hydrogen-bond donors (Lipinski definition) is 3. The number of anilines is 1. The summed E-state index contributed by atoms with van der Waals surface area (Å²) >= 11 is 0. The van der Waals surface area contributed by atoms with Crippen molar-refractivity contribution in [3.8, 4) is 0 Å². The van der Waals surface area contributed by atoms with Crippen LogP contribution in [-0.4, -0.2) is 43.2 Å². The molecule has 0 saturated carbocycles. The van der Waals surface area contributed by atoms with Crippen molar-refractivity contribution in [3.05, 3.63) is 29.8 Å². The number of nitrogens with one attached hydrogen (secondary N) is 2. The van der Waals surface area contributed by atoms with E-state index >= 15 is 0 Å². The highest BCUT2D eigenvalue weighted by Gasteiger charge is 2.13. The molecule has 7 nitrogen and oxygen atoms in total. The molecule has 20 heavy (non-hydrogen) atoms. The number of benzene rings is 1. The Labute approximate surface area is 116 Å². The molecule has 0 radical (unpaired) electrons. The monoisotopic (exact) mass is 279 g/mol. The van der Waals surface area contributed by atoms with Crippen LogP contribution in [0.1, 0.15) is 5.56 Å². The summed E-state index contributed by atoms with van der Waals surface area (Å²) in [6.07, 6.45) is 0. The maximum atomic E-state index is 11.9. The molecular formula is C13H17N3O4. The van der Waals surface area contributed by atoms with Crippen LogP contribution >= 0.6 is 0 Å². The van der Waals surface area contributed by atoms with Crippen LogP contribution in [0.5, 0.6) is 0 Å². The molecule has 108 valence electrons. The van der Waals surface area contributed by atoms with Crippen molar-refractivity contribution >= 4 is 23.6 Å². The van der Waals surface area contributed by atoms with Gasteiger partial charge >= 0.3 is 12.0 Å². The van der Waals surface area contributed by atoms with Crippen LogP contribution in [0.2, 0.25) is 0 Å². The number of carbonyl (C=O) groups is 3. The lowest BCUT2D eigenvalue weighted by Gasteiger charge is -2.19. The summed E-state index contributed by atoms with van der Waals surface area (Å²) in [5.41, 5.74) is 1.66. The Balaban J connectivity index is 2.49. The number of amides is 3. The summed E-state index contributed by atoms with van der Waals surface area (Å²) in [5, 5.41) is 13.0. The van der Waals surface area contributed by atoms with Crippen LogP contribution < -0.4 is 15.5 Å². The molecule has 3 N–H and O–H groups in total. The fourth-order valence-corrected chi connectivity index (χ4v) is 1.56. The lowest BCUT2D eigenvalue weighted by molar-refractivity contribution is -0.137. The first-order chi connectivity index (χ1) is 9.41. The predicted molar refractivity (Wildman–Crippen MR) is 73.6 cm³/mol. The van der Waals surface area contributed by atoms with E-state index in [0.29, 0.717) is 0 Å². The normalized spacial score (nSPS) is 9.70. The summed E-state index contributed by atoms with van der Waals surface area (Å²) < 4.78 is 0. The van der Waals surface area contributed by atoms with Crippen LogP contribution in [0.4, 0.5) is 10.5 Å². The molecular weight excluding hydrogens is 262 g/mol. The lowest BCUT2D eigenvalue weighted by Crippen LogP contribution is -2.44. The quantitative estimate of drug-likeness (QED) is 0.724. The first-order valence-electron chi connectivity index (χ1n) is 5.97. The van der Waals surface area contributed by atoms with Crippen LogP contribution in [-0.2, 0) is 9.59 Å². The number of carboxylic acids is 1. The Bertz CT molecular complexity index is 516. The highest BCUT2D eigenvalue weighted by molar-refractivity contribution is 5.94.